The van der Waals surface area contributed by atoms with Crippen LogP contribution in [0.1, 0.15) is 21.7 Å². The first-order chi connectivity index (χ1) is 19.7. The molecule has 4 heterocycles. The zero-order valence-corrected chi connectivity index (χ0v) is 24.8. The molecule has 41 heavy (non-hydrogen) atoms. The van der Waals surface area contributed by atoms with Gasteiger partial charge in [0, 0.05) is 48.2 Å². The quantitative estimate of drug-likeness (QED) is 0.205. The summed E-state index contributed by atoms with van der Waals surface area (Å²) in [6, 6.07) is 9.72. The maximum absolute atomic E-state index is 12.8. The van der Waals surface area contributed by atoms with E-state index in [1.54, 1.807) is 36.0 Å². The number of fused-ring (bicyclic) bond motifs is 3. The predicted octanol–water partition coefficient (Wildman–Crippen LogP) is 4.31. The number of amides is 1. The van der Waals surface area contributed by atoms with Gasteiger partial charge >= 0.3 is 0 Å². The highest BCUT2D eigenvalue weighted by molar-refractivity contribution is 7.90. The smallest absolute Gasteiger partial charge is 0.246 e. The second-order valence-electron chi connectivity index (χ2n) is 10.00. The number of sulfone groups is 1. The van der Waals surface area contributed by atoms with Crippen LogP contribution in [0.3, 0.4) is 0 Å². The van der Waals surface area contributed by atoms with Gasteiger partial charge in [-0.15, -0.1) is 11.3 Å². The van der Waals surface area contributed by atoms with Crippen molar-refractivity contribution in [3.63, 3.8) is 0 Å². The first-order valence-corrected chi connectivity index (χ1v) is 16.1. The molecule has 0 saturated carbocycles. The Hall–Kier alpha value is -3.87. The van der Waals surface area contributed by atoms with Gasteiger partial charge in [0.05, 0.1) is 23.9 Å². The van der Waals surface area contributed by atoms with E-state index in [1.165, 1.54) is 11.8 Å². The monoisotopic (exact) mass is 592 g/mol. The summed E-state index contributed by atoms with van der Waals surface area (Å²) < 4.78 is 28.4. The molecule has 1 aliphatic rings. The van der Waals surface area contributed by atoms with Crippen molar-refractivity contribution in [2.24, 2.45) is 0 Å². The highest BCUT2D eigenvalue weighted by Crippen LogP contribution is 2.38. The molecule has 0 atom stereocenters. The Kier molecular flexibility index (Phi) is 8.62. The second-order valence-corrected chi connectivity index (χ2v) is 13.3. The second kappa shape index (κ2) is 12.3. The van der Waals surface area contributed by atoms with Gasteiger partial charge in [0.25, 0.3) is 0 Å². The number of carbonyl (C=O) groups excluding carboxylic acids is 1. The molecule has 10 nitrogen and oxygen atoms in total. The van der Waals surface area contributed by atoms with Gasteiger partial charge < -0.3 is 20.3 Å². The standard InChI is InChI=1S/C29H32N6O4S2/c1-19-15-21(7-9-24(19)39-22-8-6-20(2)31-16-22)34-28-27-23-10-13-35(17-25(23)40-29(27)33-18-32-28)26(36)5-4-11-30-12-14-41(3,37)38/h4-9,15-16,18,30H,10-14,17H2,1-3H3,(H,32,33,34)/b5-4+. The lowest BCUT2D eigenvalue weighted by Crippen LogP contribution is -2.34. The summed E-state index contributed by atoms with van der Waals surface area (Å²) in [5.74, 6) is 2.18. The summed E-state index contributed by atoms with van der Waals surface area (Å²) in [5.41, 5.74) is 3.97. The SMILES string of the molecule is Cc1ccc(Oc2ccc(Nc3ncnc4sc5c(c34)CCN(C(=O)/C=C/CNCCS(C)(=O)=O)C5)cc2C)cn1. The number of hydrogen-bond donors (Lipinski definition) is 2. The van der Waals surface area contributed by atoms with E-state index < -0.39 is 9.84 Å². The van der Waals surface area contributed by atoms with Crippen molar-refractivity contribution >= 4 is 48.8 Å². The van der Waals surface area contributed by atoms with E-state index in [0.29, 0.717) is 38.3 Å². The Labute approximate surface area is 243 Å². The highest BCUT2D eigenvalue weighted by atomic mass is 32.2. The van der Waals surface area contributed by atoms with Crippen LogP contribution in [0.25, 0.3) is 10.2 Å². The molecule has 0 unspecified atom stereocenters. The van der Waals surface area contributed by atoms with Gasteiger partial charge in [-0.05, 0) is 61.7 Å². The van der Waals surface area contributed by atoms with Crippen molar-refractivity contribution in [3.05, 3.63) is 76.7 Å². The summed E-state index contributed by atoms with van der Waals surface area (Å²) in [7, 11) is -3.00. The summed E-state index contributed by atoms with van der Waals surface area (Å²) >= 11 is 1.59. The molecule has 1 aliphatic heterocycles. The fourth-order valence-electron chi connectivity index (χ4n) is 4.54. The number of anilines is 2. The highest BCUT2D eigenvalue weighted by Gasteiger charge is 2.25. The van der Waals surface area contributed by atoms with Crippen LogP contribution in [0.5, 0.6) is 11.5 Å². The first kappa shape index (κ1) is 28.7. The average Bonchev–Trinajstić information content (AvgIpc) is 3.31. The van der Waals surface area contributed by atoms with E-state index in [4.69, 9.17) is 4.74 Å². The summed E-state index contributed by atoms with van der Waals surface area (Å²) in [5, 5.41) is 7.47. The minimum absolute atomic E-state index is 0.0679. The van der Waals surface area contributed by atoms with Gasteiger partial charge in [0.2, 0.25) is 5.91 Å². The van der Waals surface area contributed by atoms with Crippen molar-refractivity contribution < 1.29 is 17.9 Å². The molecule has 0 spiro atoms. The number of ether oxygens (including phenoxy) is 1. The van der Waals surface area contributed by atoms with Gasteiger partial charge in [0.15, 0.2) is 0 Å². The number of benzene rings is 1. The van der Waals surface area contributed by atoms with E-state index in [-0.39, 0.29) is 11.7 Å². The maximum atomic E-state index is 12.8. The molecule has 5 rings (SSSR count). The van der Waals surface area contributed by atoms with Crippen LogP contribution in [0.4, 0.5) is 11.5 Å². The van der Waals surface area contributed by atoms with Gasteiger partial charge in [-0.2, -0.15) is 0 Å². The zero-order chi connectivity index (χ0) is 29.0. The summed E-state index contributed by atoms with van der Waals surface area (Å²) in [6.45, 7) is 5.83. The molecule has 0 bridgehead atoms. The lowest BCUT2D eigenvalue weighted by atomic mass is 10.0. The van der Waals surface area contributed by atoms with Crippen LogP contribution < -0.4 is 15.4 Å². The van der Waals surface area contributed by atoms with Crippen LogP contribution in [-0.2, 0) is 27.6 Å². The molecule has 0 saturated heterocycles. The molecule has 0 fully saturated rings. The van der Waals surface area contributed by atoms with E-state index >= 15 is 0 Å². The number of pyridine rings is 1. The fourth-order valence-corrected chi connectivity index (χ4v) is 6.26. The third-order valence-electron chi connectivity index (χ3n) is 6.67. The predicted molar refractivity (Wildman–Crippen MR) is 162 cm³/mol. The van der Waals surface area contributed by atoms with Crippen LogP contribution in [0.2, 0.25) is 0 Å². The molecule has 214 valence electrons. The van der Waals surface area contributed by atoms with Gasteiger partial charge in [-0.1, -0.05) is 6.08 Å². The number of hydrogen-bond acceptors (Lipinski definition) is 10. The van der Waals surface area contributed by atoms with E-state index in [1.807, 2.05) is 49.1 Å². The van der Waals surface area contributed by atoms with Crippen molar-refractivity contribution in [2.45, 2.75) is 26.8 Å². The van der Waals surface area contributed by atoms with Crippen molar-refractivity contribution in [2.75, 3.05) is 37.0 Å². The molecular weight excluding hydrogens is 560 g/mol. The number of carbonyl (C=O) groups is 1. The molecule has 1 amide bonds. The van der Waals surface area contributed by atoms with Gasteiger partial charge in [-0.3, -0.25) is 9.78 Å². The van der Waals surface area contributed by atoms with Crippen LogP contribution >= 0.6 is 11.3 Å². The van der Waals surface area contributed by atoms with Crippen LogP contribution in [0, 0.1) is 13.8 Å². The van der Waals surface area contributed by atoms with E-state index in [0.717, 1.165) is 43.6 Å². The molecule has 2 N–H and O–H groups in total. The Morgan fingerprint density at radius 2 is 2.02 bits per heavy atom. The number of nitrogens with zero attached hydrogens (tertiary/aromatic N) is 4. The van der Waals surface area contributed by atoms with Gasteiger partial charge in [-0.25, -0.2) is 18.4 Å². The average molecular weight is 593 g/mol. The van der Waals surface area contributed by atoms with E-state index in [2.05, 4.69) is 25.6 Å². The van der Waals surface area contributed by atoms with Gasteiger partial charge in [0.1, 0.15) is 38.3 Å². The normalized spacial score (nSPS) is 13.5. The molecule has 12 heteroatoms. The topological polar surface area (TPSA) is 126 Å². The van der Waals surface area contributed by atoms with Crippen molar-refractivity contribution in [1.82, 2.24) is 25.2 Å². The number of aryl methyl sites for hydroxylation is 2. The third kappa shape index (κ3) is 7.26. The Balaban J connectivity index is 1.25. The molecule has 1 aromatic carbocycles. The summed E-state index contributed by atoms with van der Waals surface area (Å²) in [4.78, 5) is 29.9. The number of aromatic nitrogens is 3. The van der Waals surface area contributed by atoms with Crippen LogP contribution in [-0.4, -0.2) is 65.8 Å². The largest absolute Gasteiger partial charge is 0.455 e. The van der Waals surface area contributed by atoms with Crippen LogP contribution in [0.15, 0.2) is 55.0 Å². The Bertz CT molecular complexity index is 1700. The lowest BCUT2D eigenvalue weighted by Gasteiger charge is -2.26. The number of nitrogens with one attached hydrogen (secondary N) is 2. The number of thiophene rings is 1. The lowest BCUT2D eigenvalue weighted by molar-refractivity contribution is -0.126. The Morgan fingerprint density at radius 3 is 2.78 bits per heavy atom. The molecular formula is C29H32N6O4S2. The maximum Gasteiger partial charge on any atom is 0.246 e. The van der Waals surface area contributed by atoms with E-state index in [9.17, 15) is 13.2 Å². The fraction of sp³-hybridized carbons (Fsp3) is 0.310. The molecule has 4 aromatic rings. The number of rotatable bonds is 10. The third-order valence-corrected chi connectivity index (χ3v) is 8.74. The van der Waals surface area contributed by atoms with Crippen molar-refractivity contribution in [3.8, 4) is 11.5 Å². The Morgan fingerprint density at radius 1 is 1.17 bits per heavy atom. The first-order valence-electron chi connectivity index (χ1n) is 13.2. The minimum Gasteiger partial charge on any atom is -0.455 e. The molecule has 3 aromatic heterocycles. The molecule has 0 radical (unpaired) electrons. The zero-order valence-electron chi connectivity index (χ0n) is 23.2. The summed E-state index contributed by atoms with van der Waals surface area (Å²) in [6.07, 6.45) is 8.46. The van der Waals surface area contributed by atoms with Crippen molar-refractivity contribution in [1.29, 1.82) is 0 Å². The molecule has 0 aliphatic carbocycles. The minimum atomic E-state index is -3.00.